The summed E-state index contributed by atoms with van der Waals surface area (Å²) in [6.45, 7) is 0. The van der Waals surface area contributed by atoms with Crippen molar-refractivity contribution in [3.63, 3.8) is 0 Å². The summed E-state index contributed by atoms with van der Waals surface area (Å²) in [7, 11) is 3.04. The Morgan fingerprint density at radius 3 is 2.74 bits per heavy atom. The Bertz CT molecular complexity index is 670. The zero-order chi connectivity index (χ0) is 14.0. The Kier molecular flexibility index (Phi) is 3.90. The standard InChI is InChI=1S/C13H13FN2O2S/c1-16-12(17)9(7-15-13(16)19-3)8-4-5-11(18-2)10(14)6-8/h4-7H,1-3H3. The third-order valence-electron chi connectivity index (χ3n) is 2.77. The van der Waals surface area contributed by atoms with Crippen molar-refractivity contribution in [2.24, 2.45) is 7.05 Å². The maximum Gasteiger partial charge on any atom is 0.261 e. The summed E-state index contributed by atoms with van der Waals surface area (Å²) in [5, 5.41) is 0.614. The van der Waals surface area contributed by atoms with E-state index in [4.69, 9.17) is 4.74 Å². The minimum atomic E-state index is -0.504. The van der Waals surface area contributed by atoms with Crippen LogP contribution in [0.3, 0.4) is 0 Å². The fraction of sp³-hybridized carbons (Fsp3) is 0.231. The molecule has 1 heterocycles. The SMILES string of the molecule is COc1ccc(-c2cnc(SC)n(C)c2=O)cc1F. The number of methoxy groups -OCH3 is 1. The van der Waals surface area contributed by atoms with Gasteiger partial charge in [0.2, 0.25) is 0 Å². The van der Waals surface area contributed by atoms with Crippen LogP contribution in [-0.2, 0) is 7.05 Å². The molecule has 4 nitrogen and oxygen atoms in total. The maximum atomic E-state index is 13.7. The molecule has 1 aromatic carbocycles. The minimum Gasteiger partial charge on any atom is -0.494 e. The highest BCUT2D eigenvalue weighted by Crippen LogP contribution is 2.23. The molecule has 0 radical (unpaired) electrons. The summed E-state index contributed by atoms with van der Waals surface area (Å²) in [5.41, 5.74) is 0.643. The van der Waals surface area contributed by atoms with Gasteiger partial charge in [-0.1, -0.05) is 17.8 Å². The Hall–Kier alpha value is -1.82. The van der Waals surface area contributed by atoms with E-state index < -0.39 is 5.82 Å². The van der Waals surface area contributed by atoms with Gasteiger partial charge in [0.15, 0.2) is 16.7 Å². The van der Waals surface area contributed by atoms with Crippen molar-refractivity contribution in [1.82, 2.24) is 9.55 Å². The van der Waals surface area contributed by atoms with E-state index in [0.717, 1.165) is 0 Å². The largest absolute Gasteiger partial charge is 0.494 e. The van der Waals surface area contributed by atoms with Crippen LogP contribution >= 0.6 is 11.8 Å². The molecular formula is C13H13FN2O2S. The summed E-state index contributed by atoms with van der Waals surface area (Å²) in [6, 6.07) is 4.40. The molecule has 19 heavy (non-hydrogen) atoms. The lowest BCUT2D eigenvalue weighted by atomic mass is 10.1. The highest BCUT2D eigenvalue weighted by atomic mass is 32.2. The first-order valence-electron chi connectivity index (χ1n) is 5.52. The second-order valence-corrected chi connectivity index (χ2v) is 4.65. The zero-order valence-corrected chi connectivity index (χ0v) is 11.6. The predicted octanol–water partition coefficient (Wildman–Crippen LogP) is 2.32. The lowest BCUT2D eigenvalue weighted by molar-refractivity contribution is 0.386. The van der Waals surface area contributed by atoms with Gasteiger partial charge >= 0.3 is 0 Å². The highest BCUT2D eigenvalue weighted by Gasteiger charge is 2.11. The first kappa shape index (κ1) is 13.6. The van der Waals surface area contributed by atoms with Crippen molar-refractivity contribution in [1.29, 1.82) is 0 Å². The molecule has 2 aromatic rings. The van der Waals surface area contributed by atoms with Gasteiger partial charge in [0.25, 0.3) is 5.56 Å². The third kappa shape index (κ3) is 2.49. The Morgan fingerprint density at radius 2 is 2.16 bits per heavy atom. The van der Waals surface area contributed by atoms with Crippen LogP contribution in [0.1, 0.15) is 0 Å². The van der Waals surface area contributed by atoms with Crippen LogP contribution < -0.4 is 10.3 Å². The van der Waals surface area contributed by atoms with Gasteiger partial charge in [0, 0.05) is 13.2 Å². The molecule has 0 amide bonds. The lowest BCUT2D eigenvalue weighted by Gasteiger charge is -2.08. The van der Waals surface area contributed by atoms with Gasteiger partial charge in [-0.2, -0.15) is 0 Å². The van der Waals surface area contributed by atoms with E-state index in [2.05, 4.69) is 4.98 Å². The number of nitrogens with zero attached hydrogens (tertiary/aromatic N) is 2. The summed E-state index contributed by atoms with van der Waals surface area (Å²) >= 11 is 1.38. The van der Waals surface area contributed by atoms with Crippen LogP contribution in [0.25, 0.3) is 11.1 Å². The average Bonchev–Trinajstić information content (AvgIpc) is 2.41. The molecule has 0 aliphatic heterocycles. The molecule has 6 heteroatoms. The van der Waals surface area contributed by atoms with E-state index in [1.165, 1.54) is 41.8 Å². The van der Waals surface area contributed by atoms with E-state index in [1.54, 1.807) is 13.1 Å². The Labute approximate surface area is 114 Å². The Morgan fingerprint density at radius 1 is 1.42 bits per heavy atom. The molecule has 0 fully saturated rings. The molecule has 0 saturated carbocycles. The summed E-state index contributed by atoms with van der Waals surface area (Å²) in [6.07, 6.45) is 3.31. The number of hydrogen-bond acceptors (Lipinski definition) is 4. The van der Waals surface area contributed by atoms with Crippen molar-refractivity contribution in [2.45, 2.75) is 5.16 Å². The van der Waals surface area contributed by atoms with Crippen LogP contribution in [0.2, 0.25) is 0 Å². The van der Waals surface area contributed by atoms with Crippen molar-refractivity contribution in [3.8, 4) is 16.9 Å². The van der Waals surface area contributed by atoms with E-state index in [1.807, 2.05) is 6.26 Å². The molecule has 100 valence electrons. The number of benzene rings is 1. The van der Waals surface area contributed by atoms with E-state index >= 15 is 0 Å². The van der Waals surface area contributed by atoms with Crippen LogP contribution in [0.15, 0.2) is 34.3 Å². The molecule has 2 rings (SSSR count). The molecular weight excluding hydrogens is 267 g/mol. The molecule has 0 N–H and O–H groups in total. The van der Waals surface area contributed by atoms with Crippen molar-refractivity contribution in [2.75, 3.05) is 13.4 Å². The summed E-state index contributed by atoms with van der Waals surface area (Å²) in [4.78, 5) is 16.3. The second kappa shape index (κ2) is 5.44. The van der Waals surface area contributed by atoms with Crippen molar-refractivity contribution in [3.05, 3.63) is 40.6 Å². The number of ether oxygens (including phenoxy) is 1. The van der Waals surface area contributed by atoms with Gasteiger partial charge in [0.1, 0.15) is 0 Å². The molecule has 0 spiro atoms. The molecule has 0 saturated heterocycles. The van der Waals surface area contributed by atoms with Crippen LogP contribution in [0.4, 0.5) is 4.39 Å². The quantitative estimate of drug-likeness (QED) is 0.639. The van der Waals surface area contributed by atoms with Gasteiger partial charge < -0.3 is 4.74 Å². The van der Waals surface area contributed by atoms with Gasteiger partial charge in [-0.05, 0) is 24.0 Å². The summed E-state index contributed by atoms with van der Waals surface area (Å²) < 4.78 is 20.0. The van der Waals surface area contributed by atoms with E-state index in [-0.39, 0.29) is 11.3 Å². The number of rotatable bonds is 3. The van der Waals surface area contributed by atoms with Crippen molar-refractivity contribution >= 4 is 11.8 Å². The molecule has 0 aliphatic rings. The van der Waals surface area contributed by atoms with Crippen LogP contribution in [-0.4, -0.2) is 22.9 Å². The number of halogens is 1. The van der Waals surface area contributed by atoms with Gasteiger partial charge in [-0.3, -0.25) is 9.36 Å². The number of aromatic nitrogens is 2. The van der Waals surface area contributed by atoms with Gasteiger partial charge in [-0.15, -0.1) is 0 Å². The highest BCUT2D eigenvalue weighted by molar-refractivity contribution is 7.98. The average molecular weight is 280 g/mol. The van der Waals surface area contributed by atoms with Gasteiger partial charge in [0.05, 0.1) is 12.7 Å². The Balaban J connectivity index is 2.57. The first-order chi connectivity index (χ1) is 9.08. The van der Waals surface area contributed by atoms with E-state index in [0.29, 0.717) is 16.3 Å². The van der Waals surface area contributed by atoms with Crippen molar-refractivity contribution < 1.29 is 9.13 Å². The van der Waals surface area contributed by atoms with Crippen LogP contribution in [0, 0.1) is 5.82 Å². The lowest BCUT2D eigenvalue weighted by Crippen LogP contribution is -2.21. The zero-order valence-electron chi connectivity index (χ0n) is 10.8. The fourth-order valence-electron chi connectivity index (χ4n) is 1.75. The topological polar surface area (TPSA) is 44.1 Å². The van der Waals surface area contributed by atoms with E-state index in [9.17, 15) is 9.18 Å². The predicted molar refractivity (Wildman–Crippen MR) is 73.2 cm³/mol. The number of thioether (sulfide) groups is 1. The first-order valence-corrected chi connectivity index (χ1v) is 6.75. The number of hydrogen-bond donors (Lipinski definition) is 0. The molecule has 0 aliphatic carbocycles. The van der Waals surface area contributed by atoms with Gasteiger partial charge in [-0.25, -0.2) is 9.37 Å². The molecule has 1 aromatic heterocycles. The third-order valence-corrected chi connectivity index (χ3v) is 3.52. The summed E-state index contributed by atoms with van der Waals surface area (Å²) in [5.74, 6) is -0.356. The normalized spacial score (nSPS) is 10.5. The minimum absolute atomic E-state index is 0.147. The molecule has 0 atom stereocenters. The van der Waals surface area contributed by atoms with Crippen LogP contribution in [0.5, 0.6) is 5.75 Å². The maximum absolute atomic E-state index is 13.7. The smallest absolute Gasteiger partial charge is 0.261 e. The monoisotopic (exact) mass is 280 g/mol. The molecule has 0 unspecified atom stereocenters. The second-order valence-electron chi connectivity index (χ2n) is 3.87. The fourth-order valence-corrected chi connectivity index (χ4v) is 2.27. The molecule has 0 bridgehead atoms.